The summed E-state index contributed by atoms with van der Waals surface area (Å²) in [7, 11) is 0. The van der Waals surface area contributed by atoms with E-state index in [9.17, 15) is 0 Å². The van der Waals surface area contributed by atoms with Crippen LogP contribution in [0.1, 0.15) is 41.0 Å². The van der Waals surface area contributed by atoms with Crippen LogP contribution in [-0.2, 0) is 0 Å². The minimum atomic E-state index is -0.413. The van der Waals surface area contributed by atoms with E-state index in [-0.39, 0.29) is 5.54 Å². The summed E-state index contributed by atoms with van der Waals surface area (Å²) in [6, 6.07) is 0. The average Bonchev–Trinajstić information content (AvgIpc) is 1.53. The van der Waals surface area contributed by atoms with Crippen molar-refractivity contribution in [2.75, 3.05) is 0 Å². The Bertz CT molecular complexity index is 96.1. The molecule has 0 aliphatic heterocycles. The molecular weight excluding hydrogens is 138 g/mol. The van der Waals surface area contributed by atoms with Crippen LogP contribution in [0.15, 0.2) is 0 Å². The molecule has 68 valence electrons. The highest BCUT2D eigenvalue weighted by Gasteiger charge is 2.19. The molecule has 0 rings (SSSR count). The minimum absolute atomic E-state index is 0.0440. The van der Waals surface area contributed by atoms with E-state index < -0.39 is 6.23 Å². The van der Waals surface area contributed by atoms with Crippen LogP contribution >= 0.6 is 0 Å². The van der Waals surface area contributed by atoms with Gasteiger partial charge < -0.3 is 5.11 Å². The molecule has 0 amide bonds. The van der Waals surface area contributed by atoms with Gasteiger partial charge in [-0.15, -0.1) is 0 Å². The lowest BCUT2D eigenvalue weighted by Crippen LogP contribution is -2.45. The van der Waals surface area contributed by atoms with Gasteiger partial charge in [0, 0.05) is 5.54 Å². The summed E-state index contributed by atoms with van der Waals surface area (Å²) in [5.74, 6) is 0.663. The van der Waals surface area contributed by atoms with E-state index in [1.807, 2.05) is 0 Å². The van der Waals surface area contributed by atoms with E-state index in [1.165, 1.54) is 0 Å². The van der Waals surface area contributed by atoms with Gasteiger partial charge in [-0.05, 0) is 33.1 Å². The molecule has 0 aliphatic carbocycles. The lowest BCUT2D eigenvalue weighted by atomic mass is 9.93. The van der Waals surface area contributed by atoms with Crippen LogP contribution in [0.3, 0.4) is 0 Å². The Morgan fingerprint density at radius 3 is 2.00 bits per heavy atom. The van der Waals surface area contributed by atoms with Crippen LogP contribution in [0.5, 0.6) is 0 Å². The number of hydrogen-bond donors (Lipinski definition) is 2. The third-order valence-corrected chi connectivity index (χ3v) is 1.52. The quantitative estimate of drug-likeness (QED) is 0.612. The second-order valence-electron chi connectivity index (χ2n) is 4.30. The first-order valence-electron chi connectivity index (χ1n) is 4.29. The highest BCUT2D eigenvalue weighted by atomic mass is 16.3. The van der Waals surface area contributed by atoms with Crippen molar-refractivity contribution in [2.45, 2.75) is 52.8 Å². The van der Waals surface area contributed by atoms with E-state index >= 15 is 0 Å². The van der Waals surface area contributed by atoms with Gasteiger partial charge >= 0.3 is 0 Å². The smallest absolute Gasteiger partial charge is 0.102 e. The zero-order valence-corrected chi connectivity index (χ0v) is 8.31. The normalized spacial score (nSPS) is 15.5. The van der Waals surface area contributed by atoms with Crippen LogP contribution in [0.4, 0.5) is 0 Å². The Morgan fingerprint density at radius 1 is 1.27 bits per heavy atom. The van der Waals surface area contributed by atoms with Gasteiger partial charge in [-0.1, -0.05) is 13.8 Å². The fourth-order valence-corrected chi connectivity index (χ4v) is 1.65. The van der Waals surface area contributed by atoms with Gasteiger partial charge in [0.05, 0.1) is 0 Å². The van der Waals surface area contributed by atoms with Gasteiger partial charge in [0.2, 0.25) is 0 Å². The van der Waals surface area contributed by atoms with Crippen LogP contribution in [0.2, 0.25) is 0 Å². The molecule has 2 nitrogen and oxygen atoms in total. The molecule has 0 fully saturated rings. The molecule has 1 atom stereocenters. The average molecular weight is 159 g/mol. The molecule has 0 aromatic heterocycles. The predicted octanol–water partition coefficient (Wildman–Crippen LogP) is 1.74. The van der Waals surface area contributed by atoms with Crippen molar-refractivity contribution in [1.82, 2.24) is 5.32 Å². The molecule has 0 saturated carbocycles. The molecular formula is C9H21NO. The molecule has 0 heterocycles. The highest BCUT2D eigenvalue weighted by Crippen LogP contribution is 2.15. The Hall–Kier alpha value is -0.0800. The Labute approximate surface area is 70.0 Å². The van der Waals surface area contributed by atoms with Crippen molar-refractivity contribution in [1.29, 1.82) is 0 Å². The maximum Gasteiger partial charge on any atom is 0.102 e. The maximum absolute atomic E-state index is 9.09. The fraction of sp³-hybridized carbons (Fsp3) is 1.00. The number of hydrogen-bond acceptors (Lipinski definition) is 2. The van der Waals surface area contributed by atoms with Gasteiger partial charge in [0.1, 0.15) is 6.23 Å². The number of nitrogens with one attached hydrogen (secondary N) is 1. The first kappa shape index (κ1) is 10.9. The van der Waals surface area contributed by atoms with Crippen molar-refractivity contribution < 1.29 is 5.11 Å². The van der Waals surface area contributed by atoms with Crippen LogP contribution in [-0.4, -0.2) is 16.9 Å². The molecule has 0 spiro atoms. The maximum atomic E-state index is 9.09. The minimum Gasteiger partial charge on any atom is -0.379 e. The second kappa shape index (κ2) is 4.07. The van der Waals surface area contributed by atoms with Crippen LogP contribution in [0.25, 0.3) is 0 Å². The summed E-state index contributed by atoms with van der Waals surface area (Å²) in [5.41, 5.74) is 0.0440. The van der Waals surface area contributed by atoms with Crippen LogP contribution < -0.4 is 5.32 Å². The summed E-state index contributed by atoms with van der Waals surface area (Å²) in [4.78, 5) is 0. The Morgan fingerprint density at radius 2 is 1.73 bits per heavy atom. The van der Waals surface area contributed by atoms with Gasteiger partial charge in [0.25, 0.3) is 0 Å². The van der Waals surface area contributed by atoms with Crippen molar-refractivity contribution in [3.63, 3.8) is 0 Å². The van der Waals surface area contributed by atoms with E-state index in [0.717, 1.165) is 6.42 Å². The summed E-state index contributed by atoms with van der Waals surface area (Å²) in [6.07, 6.45) is 0.668. The Balaban J connectivity index is 3.79. The molecule has 0 saturated heterocycles. The molecule has 0 radical (unpaired) electrons. The van der Waals surface area contributed by atoms with Gasteiger partial charge in [0.15, 0.2) is 0 Å². The predicted molar refractivity (Wildman–Crippen MR) is 48.4 cm³/mol. The fourth-order valence-electron chi connectivity index (χ4n) is 1.65. The van der Waals surface area contributed by atoms with Crippen molar-refractivity contribution in [3.8, 4) is 0 Å². The largest absolute Gasteiger partial charge is 0.379 e. The molecule has 0 aromatic carbocycles. The van der Waals surface area contributed by atoms with Crippen molar-refractivity contribution >= 4 is 0 Å². The topological polar surface area (TPSA) is 32.3 Å². The highest BCUT2D eigenvalue weighted by molar-refractivity contribution is 4.78. The molecule has 2 N–H and O–H groups in total. The van der Waals surface area contributed by atoms with E-state index in [1.54, 1.807) is 6.92 Å². The molecule has 1 unspecified atom stereocenters. The molecule has 0 bridgehead atoms. The lowest BCUT2D eigenvalue weighted by molar-refractivity contribution is 0.109. The Kier molecular flexibility index (Phi) is 4.04. The summed E-state index contributed by atoms with van der Waals surface area (Å²) in [6.45, 7) is 10.3. The summed E-state index contributed by atoms with van der Waals surface area (Å²) in [5, 5.41) is 12.2. The second-order valence-corrected chi connectivity index (χ2v) is 4.30. The van der Waals surface area contributed by atoms with Crippen LogP contribution in [0, 0.1) is 5.92 Å². The molecule has 0 aromatic rings. The lowest BCUT2D eigenvalue weighted by Gasteiger charge is -2.29. The first-order chi connectivity index (χ1) is 4.83. The first-order valence-corrected chi connectivity index (χ1v) is 4.29. The van der Waals surface area contributed by atoms with E-state index in [0.29, 0.717) is 5.92 Å². The summed E-state index contributed by atoms with van der Waals surface area (Å²) >= 11 is 0. The van der Waals surface area contributed by atoms with Crippen molar-refractivity contribution in [2.24, 2.45) is 5.92 Å². The third-order valence-electron chi connectivity index (χ3n) is 1.52. The molecule has 0 aliphatic rings. The molecule has 11 heavy (non-hydrogen) atoms. The third kappa shape index (κ3) is 6.32. The van der Waals surface area contributed by atoms with Gasteiger partial charge in [-0.3, -0.25) is 5.32 Å². The number of rotatable bonds is 4. The zero-order valence-electron chi connectivity index (χ0n) is 8.31. The standard InChI is InChI=1S/C9H21NO/c1-7(2)6-9(4,5)10-8(3)11/h7-8,10-11H,6H2,1-5H3. The zero-order chi connectivity index (χ0) is 9.07. The summed E-state index contributed by atoms with van der Waals surface area (Å²) < 4.78 is 0. The van der Waals surface area contributed by atoms with E-state index in [2.05, 4.69) is 33.0 Å². The van der Waals surface area contributed by atoms with Gasteiger partial charge in [-0.25, -0.2) is 0 Å². The van der Waals surface area contributed by atoms with E-state index in [4.69, 9.17) is 5.11 Å². The monoisotopic (exact) mass is 159 g/mol. The van der Waals surface area contributed by atoms with Crippen molar-refractivity contribution in [3.05, 3.63) is 0 Å². The number of aliphatic hydroxyl groups is 1. The van der Waals surface area contributed by atoms with Gasteiger partial charge in [-0.2, -0.15) is 0 Å². The number of aliphatic hydroxyl groups excluding tert-OH is 1. The molecule has 2 heteroatoms. The SMILES string of the molecule is CC(C)CC(C)(C)NC(C)O.